The van der Waals surface area contributed by atoms with Gasteiger partial charge in [0, 0.05) is 66.4 Å². The molecule has 16 rings (SSSR count). The first-order valence-electron chi connectivity index (χ1n) is 44.2. The number of amides is 2. The number of nitrogen functional groups attached to an aromatic ring is 5. The molecule has 0 spiro atoms. The predicted molar refractivity (Wildman–Crippen MR) is 514 cm³/mol. The van der Waals surface area contributed by atoms with Crippen LogP contribution in [0.3, 0.4) is 0 Å². The second kappa shape index (κ2) is 47.7. The van der Waals surface area contributed by atoms with Crippen molar-refractivity contribution < 1.29 is 169 Å². The van der Waals surface area contributed by atoms with Crippen molar-refractivity contribution in [3.63, 3.8) is 0 Å². The minimum absolute atomic E-state index is 0.00900. The van der Waals surface area contributed by atoms with Gasteiger partial charge in [0.25, 0.3) is 5.56 Å². The summed E-state index contributed by atoms with van der Waals surface area (Å²) in [5.41, 5.74) is 36.1. The zero-order chi connectivity index (χ0) is 105. The molecule has 0 saturated carbocycles. The fraction of sp³-hybridized carbons (Fsp3) is 0.630. The number of anilines is 5. The number of H-pyrrole nitrogens is 1. The van der Waals surface area contributed by atoms with E-state index in [-0.39, 0.29) is 133 Å². The minimum atomic E-state index is -5.93. The molecule has 6 fully saturated rings. The number of rotatable bonds is 51. The Kier molecular flexibility index (Phi) is 36.4. The van der Waals surface area contributed by atoms with Gasteiger partial charge in [0.2, 0.25) is 5.95 Å². The first-order chi connectivity index (χ1) is 70.0. The Hall–Kier alpha value is -7.41. The van der Waals surface area contributed by atoms with E-state index in [4.69, 9.17) is 202 Å². The lowest BCUT2D eigenvalue weighted by molar-refractivity contribution is -0.0910. The number of phosphoric acid groups is 2. The number of carbonyl (C=O) groups is 1. The second-order valence-electron chi connectivity index (χ2n) is 33.3. The Morgan fingerprint density at radius 3 is 1.24 bits per heavy atom. The molecule has 2 amide bonds. The van der Waals surface area contributed by atoms with Crippen LogP contribution in [0.1, 0.15) is 56.5 Å². The number of methoxy groups -OCH3 is 4. The number of carbonyl (C=O) groups excluding carboxylic acids is 1. The summed E-state index contributed by atoms with van der Waals surface area (Å²) in [6.45, 7) is -22.5. The number of phosphoric ester groups is 2. The van der Waals surface area contributed by atoms with Crippen LogP contribution in [0.25, 0.3) is 44.7 Å². The number of nitrogens with zero attached hydrogens (tertiary/aromatic N) is 18. The van der Waals surface area contributed by atoms with E-state index in [1.165, 1.54) is 99.4 Å². The molecule has 7 aliphatic heterocycles. The van der Waals surface area contributed by atoms with Crippen molar-refractivity contribution >= 4 is 170 Å². The highest BCUT2D eigenvalue weighted by molar-refractivity contribution is 8.08. The summed E-state index contributed by atoms with van der Waals surface area (Å²) in [4.78, 5) is 168. The van der Waals surface area contributed by atoms with Gasteiger partial charge in [-0.05, 0) is 66.6 Å². The summed E-state index contributed by atoms with van der Waals surface area (Å²) >= 11 is 22.4. The van der Waals surface area contributed by atoms with E-state index in [2.05, 4.69) is 70.1 Å². The smallest absolute Gasteiger partial charge is 0.394 e. The summed E-state index contributed by atoms with van der Waals surface area (Å²) in [5.74, 6) is -0.571. The van der Waals surface area contributed by atoms with Crippen LogP contribution in [0.15, 0.2) is 71.9 Å². The Morgan fingerprint density at radius 1 is 0.422 bits per heavy atom. The van der Waals surface area contributed by atoms with Gasteiger partial charge in [0.05, 0.1) is 130 Å². The lowest BCUT2D eigenvalue weighted by atomic mass is 10.1. The normalized spacial score (nSPS) is 30.1. The number of urea groups is 1. The molecule has 0 aromatic carbocycles. The van der Waals surface area contributed by atoms with Gasteiger partial charge in [-0.2, -0.15) is 9.97 Å². The number of aromatic nitrogens is 18. The van der Waals surface area contributed by atoms with E-state index < -0.39 is 253 Å². The van der Waals surface area contributed by atoms with Gasteiger partial charge in [0.1, 0.15) is 145 Å². The van der Waals surface area contributed by atoms with Gasteiger partial charge >= 0.3 is 54.2 Å². The molecule has 9 aromatic heterocycles. The van der Waals surface area contributed by atoms with E-state index in [1.807, 2.05) is 0 Å². The van der Waals surface area contributed by atoms with E-state index >= 15 is 9.13 Å². The molecule has 147 heavy (non-hydrogen) atoms. The van der Waals surface area contributed by atoms with E-state index in [9.17, 15) is 48.9 Å². The third kappa shape index (κ3) is 26.0. The predicted octanol–water partition coefficient (Wildman–Crippen LogP) is -1.45. The van der Waals surface area contributed by atoms with Gasteiger partial charge in [-0.15, -0.1) is 0 Å². The van der Waals surface area contributed by atoms with Crippen molar-refractivity contribution in [1.82, 2.24) is 97.8 Å². The molecule has 810 valence electrons. The van der Waals surface area contributed by atoms with Crippen LogP contribution in [-0.4, -0.2) is 371 Å². The lowest BCUT2D eigenvalue weighted by Gasteiger charge is -2.35. The molecule has 0 radical (unpaired) electrons. The first-order valence-corrected chi connectivity index (χ1v) is 57.6. The van der Waals surface area contributed by atoms with Crippen molar-refractivity contribution in [2.75, 3.05) is 157 Å². The molecular weight excluding hydrogens is 2160 g/mol. The average molecular weight is 2270 g/mol. The van der Waals surface area contributed by atoms with Crippen LogP contribution in [0.5, 0.6) is 0 Å². The quantitative estimate of drug-likeness (QED) is 0.0153. The van der Waals surface area contributed by atoms with Crippen LogP contribution < -0.4 is 51.0 Å². The van der Waals surface area contributed by atoms with E-state index in [1.54, 1.807) is 6.92 Å². The number of ether oxygens (including phenoxy) is 14. The Bertz CT molecular complexity index is 6640. The van der Waals surface area contributed by atoms with Crippen molar-refractivity contribution in [2.24, 2.45) is 5.73 Å². The largest absolute Gasteiger partial charge is 0.472 e. The van der Waals surface area contributed by atoms with Crippen LogP contribution in [0.4, 0.5) is 34.0 Å². The summed E-state index contributed by atoms with van der Waals surface area (Å²) in [5, 5.41) is 13.4. The molecule has 64 nitrogen and oxygen atoms in total. The number of aliphatic hydroxyl groups is 1. The van der Waals surface area contributed by atoms with Crippen LogP contribution >= 0.6 is 42.5 Å². The zero-order valence-electron chi connectivity index (χ0n) is 78.4. The molecule has 9 aromatic rings. The third-order valence-corrected chi connectivity index (χ3v) is 32.1. The van der Waals surface area contributed by atoms with E-state index in [0.717, 1.165) is 27.5 Å². The summed E-state index contributed by atoms with van der Waals surface area (Å²) in [6.07, 6.45) is -24.5. The Morgan fingerprint density at radius 2 is 0.796 bits per heavy atom. The second-order valence-corrected chi connectivity index (χ2v) is 47.3. The Labute approximate surface area is 850 Å². The molecule has 0 aliphatic carbocycles. The lowest BCUT2D eigenvalue weighted by Crippen LogP contribution is -2.57. The number of aromatic amines is 1. The fourth-order valence-electron chi connectivity index (χ4n) is 16.8. The van der Waals surface area contributed by atoms with Gasteiger partial charge in [-0.1, -0.05) is 0 Å². The standard InChI is InChI=1S/C73H106N26O38P6S4/c1-33-18-94(72(102)90-57(33)74)67-54(118-13-9-113-4)51(42(130-67)25-125-143(111,147)136-49-37(20-100)128-69(53(49)117-12-8-112-3)98-31-88-47-61(78)82-28-85-64(47)98)135-138(104,105)121-23-40-50(55(119-14-10-114-5)70(131-40)99-32-89-48-65(99)92-71(79)93-66(48)101)134-139(106,107)122-24-41-52(56(120-15-11-115-6)68(129-41)95-19-34(2)58(75)91-73(95)103)137-142(110,146)124-22-39-36(17-44(127-39)97-30-87-46-60(77)81-27-84-63(46)97)133-141(109,145)123-21-38-35(132-140(108,144)116-7)16-43(126-38)96-29-86-45-59(76)80-26-83-62(45)96/h18-19,26-32,35-44,49-57,67-70,100H,8-17,20-25,74H2,1-7H3,(H,90,102)(H,104,105)(H,106,107)(H,108,144)(H,109,145)(H,110,146)(H,111,147)(H2,75,91,103)(H2,76,80,83)(H2,77,81,84)(H2,78,82,85)(H3,79,92,93,101)/t35-,36-,37-,38-,39-,40-,41-,42-,43-,44-,49+,50+,51+,52+,53?,54?,55?,56?,57?,67-,68-,69-,70-,140?,141?,142?,143?/m1/s1. The average Bonchev–Trinajstić information content (AvgIpc) is 1.61. The fourth-order valence-corrected chi connectivity index (χ4v) is 24.1. The molecule has 74 heteroatoms. The minimum Gasteiger partial charge on any atom is -0.394 e. The maximum atomic E-state index is 15.5. The zero-order valence-corrected chi connectivity index (χ0v) is 87.0. The number of imidazole rings is 4. The molecule has 7 aliphatic rings. The van der Waals surface area contributed by atoms with Gasteiger partial charge in [-0.3, -0.25) is 64.7 Å². The highest BCUT2D eigenvalue weighted by atomic mass is 32.5. The van der Waals surface area contributed by atoms with Crippen molar-refractivity contribution in [3.05, 3.63) is 88.7 Å². The number of aryl methyl sites for hydroxylation is 1. The molecular formula is C73H106N26O38P6S4. The van der Waals surface area contributed by atoms with Gasteiger partial charge < -0.3 is 168 Å². The molecule has 16 heterocycles. The monoisotopic (exact) mass is 2270 g/mol. The van der Waals surface area contributed by atoms with Crippen molar-refractivity contribution in [3.8, 4) is 0 Å². The number of nitrogens with one attached hydrogen (secondary N) is 2. The van der Waals surface area contributed by atoms with Gasteiger partial charge in [-0.25, -0.2) is 68.6 Å². The number of hydrogen-bond donors (Lipinski definition) is 15. The first kappa shape index (κ1) is 112. The highest BCUT2D eigenvalue weighted by Gasteiger charge is 2.59. The molecule has 21 N–H and O–H groups in total. The maximum Gasteiger partial charge on any atom is 0.472 e. The number of nitrogens with two attached hydrogens (primary N) is 6. The van der Waals surface area contributed by atoms with Crippen molar-refractivity contribution in [1.29, 1.82) is 0 Å². The van der Waals surface area contributed by atoms with Gasteiger partial charge in [0.15, 0.2) is 70.5 Å². The third-order valence-electron chi connectivity index (χ3n) is 23.7. The highest BCUT2D eigenvalue weighted by Crippen LogP contribution is 2.59. The Balaban J connectivity index is 0.678. The number of aliphatic hydroxyl groups excluding tert-OH is 1. The summed E-state index contributed by atoms with van der Waals surface area (Å²) in [7, 11) is -5.28. The summed E-state index contributed by atoms with van der Waals surface area (Å²) < 4.78 is 195. The van der Waals surface area contributed by atoms with Crippen LogP contribution in [0.2, 0.25) is 0 Å². The molecule has 0 bridgehead atoms. The topological polar surface area (TPSA) is 833 Å². The van der Waals surface area contributed by atoms with Crippen LogP contribution in [-0.2, 0) is 177 Å². The number of hydrogen-bond acceptors (Lipinski definition) is 54. The van der Waals surface area contributed by atoms with Crippen molar-refractivity contribution in [2.45, 2.75) is 168 Å². The molecule has 6 saturated heterocycles. The van der Waals surface area contributed by atoms with Crippen LogP contribution in [0, 0.1) is 6.92 Å². The number of fused-ring (bicyclic) bond motifs is 4. The summed E-state index contributed by atoms with van der Waals surface area (Å²) in [6, 6.07) is -0.882. The SMILES string of the molecule is COCCOC1[C@@H](OP(=O)(O)OC[C@H]2O[C@@H](n3cnc4c(=O)[nH]c(N)nc43)C(OCCOC)[C@H]2OP(=O)(O)OC[C@H]2O[C@@H](n3cc(C)c(N)nc3=O)C(OCCOC)[C@H]2OP(O)(=S)OC[C@H]2O[C@@H](n3cnc4c(N)ncnc43)C[C@H]2OP(O)(=S)OC[C@H]2O[C@@H](n3cnc4c(N)ncnc43)C[C@H]2OP(O)(=S)OC)[C@@H](COP(O)(=S)O[C@@H]2C(OCCOC)[C@H](n3cnc4c(N)ncnc43)O[C@@H]2CO)O[C@H]1N1C=C(C)C(N)NC1=O. The maximum absolute atomic E-state index is 15.5. The molecule has 29 atom stereocenters. The van der Waals surface area contributed by atoms with E-state index in [0.29, 0.717) is 5.57 Å². The molecule has 11 unspecified atom stereocenters.